The SMILES string of the molecule is COC(=O)c1c(Cl)cccc1-c1ccc([C@@H](C)NC(=O)C2(NC(=O)CC(F)(F)F)COC2)c(F)c1. The van der Waals surface area contributed by atoms with E-state index in [2.05, 4.69) is 10.6 Å². The number of rotatable bonds is 7. The topological polar surface area (TPSA) is 93.7 Å². The van der Waals surface area contributed by atoms with E-state index in [0.29, 0.717) is 11.1 Å². The maximum atomic E-state index is 15.0. The minimum absolute atomic E-state index is 0.0618. The van der Waals surface area contributed by atoms with Crippen molar-refractivity contribution in [3.05, 3.63) is 58.4 Å². The Morgan fingerprint density at radius 3 is 2.43 bits per heavy atom. The Balaban J connectivity index is 1.79. The molecule has 12 heteroatoms. The summed E-state index contributed by atoms with van der Waals surface area (Å²) in [4.78, 5) is 36.6. The third-order valence-electron chi connectivity index (χ3n) is 5.40. The highest BCUT2D eigenvalue weighted by atomic mass is 35.5. The summed E-state index contributed by atoms with van der Waals surface area (Å²) in [5, 5.41) is 4.70. The van der Waals surface area contributed by atoms with Gasteiger partial charge in [0, 0.05) is 5.56 Å². The van der Waals surface area contributed by atoms with E-state index in [1.54, 1.807) is 12.1 Å². The van der Waals surface area contributed by atoms with E-state index in [-0.39, 0.29) is 29.4 Å². The third-order valence-corrected chi connectivity index (χ3v) is 5.71. The fraction of sp³-hybridized carbons (Fsp3) is 0.348. The number of ether oxygens (including phenoxy) is 2. The normalized spacial score (nSPS) is 15.5. The van der Waals surface area contributed by atoms with Gasteiger partial charge in [0.05, 0.1) is 37.0 Å². The van der Waals surface area contributed by atoms with Gasteiger partial charge in [-0.05, 0) is 30.2 Å². The quantitative estimate of drug-likeness (QED) is 0.429. The lowest BCUT2D eigenvalue weighted by molar-refractivity contribution is -0.166. The Labute approximate surface area is 202 Å². The first-order valence-electron chi connectivity index (χ1n) is 10.3. The van der Waals surface area contributed by atoms with Crippen LogP contribution in [0.5, 0.6) is 0 Å². The van der Waals surface area contributed by atoms with Gasteiger partial charge in [0.1, 0.15) is 12.2 Å². The van der Waals surface area contributed by atoms with E-state index in [1.165, 1.54) is 32.2 Å². The summed E-state index contributed by atoms with van der Waals surface area (Å²) in [6.45, 7) is 0.837. The number of methoxy groups -OCH3 is 1. The molecule has 0 aliphatic carbocycles. The summed E-state index contributed by atoms with van der Waals surface area (Å²) >= 11 is 6.12. The standard InChI is InChI=1S/C23H21ClF4N2O5/c1-12(29-21(33)22(10-35-11-22)30-18(31)9-23(26,27)28)14-7-6-13(8-17(14)25)15-4-3-5-16(24)19(15)20(32)34-2/h3-8,12H,9-11H2,1-2H3,(H,29,33)(H,30,31)/t12-/m1/s1. The molecule has 2 aromatic carbocycles. The first-order valence-corrected chi connectivity index (χ1v) is 10.7. The third kappa shape index (κ3) is 5.91. The van der Waals surface area contributed by atoms with Crippen LogP contribution >= 0.6 is 11.6 Å². The number of esters is 1. The van der Waals surface area contributed by atoms with Gasteiger partial charge in [-0.1, -0.05) is 35.9 Å². The van der Waals surface area contributed by atoms with Crippen LogP contribution in [0.2, 0.25) is 5.02 Å². The van der Waals surface area contributed by atoms with E-state index in [9.17, 15) is 27.6 Å². The fourth-order valence-electron chi connectivity index (χ4n) is 3.59. The smallest absolute Gasteiger partial charge is 0.397 e. The maximum absolute atomic E-state index is 15.0. The van der Waals surface area contributed by atoms with Crippen LogP contribution in [0.25, 0.3) is 11.1 Å². The number of benzene rings is 2. The van der Waals surface area contributed by atoms with Crippen molar-refractivity contribution in [2.75, 3.05) is 20.3 Å². The molecular weight excluding hydrogens is 496 g/mol. The molecule has 0 saturated carbocycles. The fourth-order valence-corrected chi connectivity index (χ4v) is 3.84. The van der Waals surface area contributed by atoms with Crippen molar-refractivity contribution in [1.29, 1.82) is 0 Å². The molecule has 7 nitrogen and oxygen atoms in total. The molecule has 35 heavy (non-hydrogen) atoms. The van der Waals surface area contributed by atoms with Crippen LogP contribution in [0.1, 0.15) is 35.3 Å². The van der Waals surface area contributed by atoms with Crippen LogP contribution in [0.4, 0.5) is 17.6 Å². The zero-order chi connectivity index (χ0) is 26.0. The number of hydrogen-bond acceptors (Lipinski definition) is 5. The van der Waals surface area contributed by atoms with Crippen LogP contribution in [0.3, 0.4) is 0 Å². The zero-order valence-electron chi connectivity index (χ0n) is 18.6. The van der Waals surface area contributed by atoms with Gasteiger partial charge in [0.15, 0.2) is 5.54 Å². The van der Waals surface area contributed by atoms with Crippen molar-refractivity contribution >= 4 is 29.4 Å². The zero-order valence-corrected chi connectivity index (χ0v) is 19.3. The van der Waals surface area contributed by atoms with Gasteiger partial charge in [-0.25, -0.2) is 9.18 Å². The molecule has 1 atom stereocenters. The molecule has 1 heterocycles. The second kappa shape index (κ2) is 10.2. The summed E-state index contributed by atoms with van der Waals surface area (Å²) in [7, 11) is 1.19. The molecule has 1 saturated heterocycles. The highest BCUT2D eigenvalue weighted by Crippen LogP contribution is 2.32. The number of carbonyl (C=O) groups is 3. The van der Waals surface area contributed by atoms with Crippen molar-refractivity contribution in [3.8, 4) is 11.1 Å². The Hall–Kier alpha value is -3.18. The van der Waals surface area contributed by atoms with Crippen LogP contribution in [-0.2, 0) is 19.1 Å². The first-order chi connectivity index (χ1) is 16.4. The van der Waals surface area contributed by atoms with Gasteiger partial charge in [-0.2, -0.15) is 13.2 Å². The van der Waals surface area contributed by atoms with Gasteiger partial charge in [0.2, 0.25) is 5.91 Å². The number of amides is 2. The summed E-state index contributed by atoms with van der Waals surface area (Å²) in [5.74, 6) is -3.59. The summed E-state index contributed by atoms with van der Waals surface area (Å²) in [5.41, 5.74) is -0.878. The first kappa shape index (κ1) is 26.4. The van der Waals surface area contributed by atoms with E-state index < -0.39 is 47.8 Å². The second-order valence-corrected chi connectivity index (χ2v) is 8.41. The maximum Gasteiger partial charge on any atom is 0.397 e. The molecule has 0 bridgehead atoms. The summed E-state index contributed by atoms with van der Waals surface area (Å²) in [6.07, 6.45) is -6.48. The summed E-state index contributed by atoms with van der Waals surface area (Å²) < 4.78 is 62.1. The van der Waals surface area contributed by atoms with Gasteiger partial charge in [0.25, 0.3) is 5.91 Å². The highest BCUT2D eigenvalue weighted by Gasteiger charge is 2.48. The second-order valence-electron chi connectivity index (χ2n) is 8.00. The number of alkyl halides is 3. The van der Waals surface area contributed by atoms with Gasteiger partial charge in [-0.15, -0.1) is 0 Å². The Kier molecular flexibility index (Phi) is 7.71. The van der Waals surface area contributed by atoms with Gasteiger partial charge >= 0.3 is 12.1 Å². The minimum Gasteiger partial charge on any atom is -0.465 e. The molecule has 0 aromatic heterocycles. The average Bonchev–Trinajstić information content (AvgIpc) is 2.74. The predicted octanol–water partition coefficient (Wildman–Crippen LogP) is 3.95. The lowest BCUT2D eigenvalue weighted by atomic mass is 9.94. The molecule has 2 N–H and O–H groups in total. The Bertz CT molecular complexity index is 1150. The Morgan fingerprint density at radius 1 is 1.20 bits per heavy atom. The van der Waals surface area contributed by atoms with Crippen molar-refractivity contribution in [1.82, 2.24) is 10.6 Å². The van der Waals surface area contributed by atoms with Gasteiger partial charge < -0.3 is 20.1 Å². The Morgan fingerprint density at radius 2 is 1.89 bits per heavy atom. The van der Waals surface area contributed by atoms with E-state index >= 15 is 4.39 Å². The number of halogens is 5. The number of nitrogens with one attached hydrogen (secondary N) is 2. The number of carbonyl (C=O) groups excluding carboxylic acids is 3. The molecule has 2 amide bonds. The molecule has 3 rings (SSSR count). The lowest BCUT2D eigenvalue weighted by Gasteiger charge is -2.41. The van der Waals surface area contributed by atoms with Crippen LogP contribution < -0.4 is 10.6 Å². The van der Waals surface area contributed by atoms with Crippen molar-refractivity contribution in [2.24, 2.45) is 0 Å². The van der Waals surface area contributed by atoms with Crippen molar-refractivity contribution in [2.45, 2.75) is 31.1 Å². The minimum atomic E-state index is -4.73. The molecule has 1 aliphatic heterocycles. The van der Waals surface area contributed by atoms with E-state index in [0.717, 1.165) is 6.07 Å². The van der Waals surface area contributed by atoms with Crippen molar-refractivity contribution < 1.29 is 41.4 Å². The highest BCUT2D eigenvalue weighted by molar-refractivity contribution is 6.34. The van der Waals surface area contributed by atoms with E-state index in [1.807, 2.05) is 0 Å². The monoisotopic (exact) mass is 516 g/mol. The van der Waals surface area contributed by atoms with Crippen LogP contribution in [-0.4, -0.2) is 49.8 Å². The molecule has 188 valence electrons. The summed E-state index contributed by atoms with van der Waals surface area (Å²) in [6, 6.07) is 7.81. The molecule has 2 aromatic rings. The predicted molar refractivity (Wildman–Crippen MR) is 117 cm³/mol. The average molecular weight is 517 g/mol. The molecule has 0 spiro atoms. The lowest BCUT2D eigenvalue weighted by Crippen LogP contribution is -2.70. The molecule has 0 unspecified atom stereocenters. The molecule has 1 fully saturated rings. The molecule has 1 aliphatic rings. The van der Waals surface area contributed by atoms with Gasteiger partial charge in [-0.3, -0.25) is 9.59 Å². The van der Waals surface area contributed by atoms with Crippen LogP contribution in [0, 0.1) is 5.82 Å². The van der Waals surface area contributed by atoms with Crippen molar-refractivity contribution in [3.63, 3.8) is 0 Å². The molecular formula is C23H21ClF4N2O5. The van der Waals surface area contributed by atoms with Crippen LogP contribution in [0.15, 0.2) is 36.4 Å². The largest absolute Gasteiger partial charge is 0.465 e. The van der Waals surface area contributed by atoms with E-state index in [4.69, 9.17) is 21.1 Å². The number of hydrogen-bond donors (Lipinski definition) is 2. The molecule has 0 radical (unpaired) electrons.